The van der Waals surface area contributed by atoms with Gasteiger partial charge < -0.3 is 45.0 Å². The number of aliphatic imine (C=N–C) groups is 1. The van der Waals surface area contributed by atoms with Gasteiger partial charge in [0.05, 0.1) is 0 Å². The molecule has 4 heteroatoms. The summed E-state index contributed by atoms with van der Waals surface area (Å²) in [5.41, 5.74) is 3.58. The molecular formula is C36H44N2Ni2-6. The Balaban J connectivity index is -0.000000457. The minimum atomic E-state index is 0. The first-order chi connectivity index (χ1) is 18.6. The maximum atomic E-state index is 4.38. The molecule has 2 nitrogen and oxygen atoms in total. The Kier molecular flexibility index (Phi) is 33.8. The number of benzene rings is 3. The Morgan fingerprint density at radius 1 is 0.625 bits per heavy atom. The third kappa shape index (κ3) is 25.5. The van der Waals surface area contributed by atoms with E-state index in [0.29, 0.717) is 6.54 Å². The number of hydrogen-bond acceptors (Lipinski definition) is 2. The van der Waals surface area contributed by atoms with Crippen LogP contribution in [0.1, 0.15) is 16.7 Å². The molecule has 0 aliphatic rings. The fraction of sp³-hybridized carbons (Fsp3) is 0.111. The number of hydrogen-bond donors (Lipinski definition) is 0. The van der Waals surface area contributed by atoms with Gasteiger partial charge in [0.25, 0.3) is 0 Å². The molecule has 0 fully saturated rings. The van der Waals surface area contributed by atoms with Gasteiger partial charge in [0.15, 0.2) is 0 Å². The summed E-state index contributed by atoms with van der Waals surface area (Å²) in [5.74, 6) is 0. The second-order valence-electron chi connectivity index (χ2n) is 7.35. The molecule has 0 radical (unpaired) electrons. The van der Waals surface area contributed by atoms with Crippen LogP contribution in [0.4, 0.5) is 0 Å². The standard InChI is InChI=1S/C11H12N.C9H9.C9H8.C6H12N.CH3.2Ni/c1-2-12-10-6-9-11-7-4-3-5-8-11;2*1-2-6-9-7-4-3-5-8-9;1-4-7(5-2)6-3;;;/h3-10H,1-2H2;2-8H,1H2;1-8H;1-6H2;1H3;;/q2*-1;;-3;-1;;/b9-6+,12-10?;2*6-2+;;;;. The fourth-order valence-electron chi connectivity index (χ4n) is 2.60. The van der Waals surface area contributed by atoms with E-state index in [1.807, 2.05) is 114 Å². The molecule has 0 heterocycles. The van der Waals surface area contributed by atoms with E-state index in [0.717, 1.165) is 19.6 Å². The van der Waals surface area contributed by atoms with Gasteiger partial charge in [-0.25, -0.2) is 19.1 Å². The zero-order chi connectivity index (χ0) is 28.1. The average Bonchev–Trinajstić information content (AvgIpc) is 2.98. The molecule has 0 amide bonds. The van der Waals surface area contributed by atoms with Crippen molar-refractivity contribution in [3.8, 4) is 0 Å². The van der Waals surface area contributed by atoms with Crippen LogP contribution in [0.2, 0.25) is 0 Å². The molecule has 0 unspecified atom stereocenters. The van der Waals surface area contributed by atoms with Crippen molar-refractivity contribution < 1.29 is 31.5 Å². The van der Waals surface area contributed by atoms with Crippen molar-refractivity contribution in [2.24, 2.45) is 4.99 Å². The zero-order valence-electron chi connectivity index (χ0n) is 23.7. The average molecular weight is 622 g/mol. The summed E-state index contributed by atoms with van der Waals surface area (Å²) in [6.45, 7) is 21.3. The molecule has 3 aromatic rings. The minimum absolute atomic E-state index is 0. The van der Waals surface area contributed by atoms with E-state index < -0.39 is 0 Å². The summed E-state index contributed by atoms with van der Waals surface area (Å²) in [4.78, 5) is 7.65. The molecule has 0 aromatic heterocycles. The third-order valence-corrected chi connectivity index (χ3v) is 4.81. The Morgan fingerprint density at radius 3 is 1.30 bits per heavy atom. The van der Waals surface area contributed by atoms with Gasteiger partial charge in [0.2, 0.25) is 0 Å². The Labute approximate surface area is 263 Å². The summed E-state index contributed by atoms with van der Waals surface area (Å²) in [6, 6.07) is 30.3. The molecule has 0 N–H and O–H groups in total. The van der Waals surface area contributed by atoms with E-state index in [2.05, 4.69) is 66.8 Å². The molecule has 0 saturated heterocycles. The van der Waals surface area contributed by atoms with Gasteiger partial charge in [-0.2, -0.15) is 0 Å². The van der Waals surface area contributed by atoms with Gasteiger partial charge in [-0.05, 0) is 11.6 Å². The second-order valence-corrected chi connectivity index (χ2v) is 7.68. The normalized spacial score (nSPS) is 10.1. The van der Waals surface area contributed by atoms with Crippen LogP contribution < -0.4 is 0 Å². The van der Waals surface area contributed by atoms with Gasteiger partial charge in [0.1, 0.15) is 0 Å². The third-order valence-electron chi connectivity index (χ3n) is 4.62. The summed E-state index contributed by atoms with van der Waals surface area (Å²) in [7, 11) is 0. The van der Waals surface area contributed by atoms with Crippen molar-refractivity contribution in [2.75, 3.05) is 26.2 Å². The van der Waals surface area contributed by atoms with Crippen LogP contribution in [0.5, 0.6) is 0 Å². The molecular weight excluding hydrogens is 578 g/mol. The quantitative estimate of drug-likeness (QED) is 0.133. The van der Waals surface area contributed by atoms with Crippen molar-refractivity contribution in [1.82, 2.24) is 4.90 Å². The van der Waals surface area contributed by atoms with E-state index in [-0.39, 0.29) is 23.9 Å². The Hall–Kier alpha value is -2.76. The molecule has 3 rings (SSSR count). The predicted octanol–water partition coefficient (Wildman–Crippen LogP) is 8.43. The molecule has 0 atom stereocenters. The molecule has 0 aliphatic heterocycles. The summed E-state index contributed by atoms with van der Waals surface area (Å²) < 4.78 is 0. The van der Waals surface area contributed by atoms with Gasteiger partial charge in [0, 0.05) is 22.7 Å². The van der Waals surface area contributed by atoms with E-state index >= 15 is 0 Å². The van der Waals surface area contributed by atoms with Gasteiger partial charge in [-0.1, -0.05) is 73.3 Å². The monoisotopic (exact) mass is 620 g/mol. The van der Waals surface area contributed by atoms with Crippen LogP contribution in [-0.2, 0) is 31.5 Å². The molecule has 0 bridgehead atoms. The van der Waals surface area contributed by atoms with Crippen molar-refractivity contribution >= 4 is 29.4 Å². The summed E-state index contributed by atoms with van der Waals surface area (Å²) in [5, 5.41) is 0. The van der Waals surface area contributed by atoms with Crippen LogP contribution in [0, 0.1) is 42.0 Å². The molecule has 40 heavy (non-hydrogen) atoms. The first-order valence-electron chi connectivity index (χ1n) is 12.4. The Morgan fingerprint density at radius 2 is 1.00 bits per heavy atom. The summed E-state index contributed by atoms with van der Waals surface area (Å²) in [6.07, 6.45) is 13.3. The first-order valence-corrected chi connectivity index (χ1v) is 12.9. The van der Waals surface area contributed by atoms with Crippen LogP contribution in [-0.4, -0.2) is 42.3 Å². The SMILES string of the molecule is [CH2-]/C=C/c1ccccc1.[CH2-]CN(C[CH2-])C[CH2-].[CH2-]CN=C/C=C/c1ccccc1.[CH3-].[Ni].[Ni]=[CH]/C=C/c1ccccc1. The first kappa shape index (κ1) is 41.7. The van der Waals surface area contributed by atoms with Crippen LogP contribution in [0.15, 0.2) is 114 Å². The number of rotatable bonds is 9. The fourth-order valence-corrected chi connectivity index (χ4v) is 2.69. The molecule has 3 aromatic carbocycles. The maximum absolute atomic E-state index is 4.38. The van der Waals surface area contributed by atoms with Crippen molar-refractivity contribution in [3.05, 3.63) is 168 Å². The van der Waals surface area contributed by atoms with E-state index in [1.165, 1.54) is 16.7 Å². The molecule has 0 saturated carbocycles. The zero-order valence-corrected chi connectivity index (χ0v) is 25.6. The Bertz CT molecular complexity index is 1020. The summed E-state index contributed by atoms with van der Waals surface area (Å²) >= 11 is 4.38. The van der Waals surface area contributed by atoms with Gasteiger partial charge >= 0.3 is 68.1 Å². The van der Waals surface area contributed by atoms with Crippen LogP contribution in [0.25, 0.3) is 18.2 Å². The topological polar surface area (TPSA) is 15.6 Å². The second kappa shape index (κ2) is 32.4. The van der Waals surface area contributed by atoms with Crippen molar-refractivity contribution in [2.45, 2.75) is 0 Å². The molecule has 224 valence electrons. The number of allylic oxidation sites excluding steroid dienone is 3. The van der Waals surface area contributed by atoms with E-state index in [9.17, 15) is 0 Å². The van der Waals surface area contributed by atoms with Crippen LogP contribution in [0.3, 0.4) is 0 Å². The van der Waals surface area contributed by atoms with E-state index in [1.54, 1.807) is 17.3 Å². The van der Waals surface area contributed by atoms with Crippen molar-refractivity contribution in [3.63, 3.8) is 0 Å². The molecule has 0 spiro atoms. The molecule has 0 aliphatic carbocycles. The predicted molar refractivity (Wildman–Crippen MR) is 175 cm³/mol. The van der Waals surface area contributed by atoms with Gasteiger partial charge in [-0.3, -0.25) is 0 Å². The van der Waals surface area contributed by atoms with Crippen LogP contribution >= 0.6 is 0 Å². The number of nitrogens with zero attached hydrogens (tertiary/aromatic N) is 2. The van der Waals surface area contributed by atoms with Gasteiger partial charge in [-0.15, -0.1) is 25.2 Å². The van der Waals surface area contributed by atoms with E-state index in [4.69, 9.17) is 0 Å². The van der Waals surface area contributed by atoms with Crippen molar-refractivity contribution in [1.29, 1.82) is 0 Å².